The fourth-order valence-electron chi connectivity index (χ4n) is 4.65. The molecule has 5 aromatic rings. The second kappa shape index (κ2) is 6.79. The van der Waals surface area contributed by atoms with Crippen LogP contribution in [0.4, 0.5) is 11.4 Å². The molecule has 3 aromatic carbocycles. The normalized spacial score (nSPS) is 14.9. The van der Waals surface area contributed by atoms with Crippen LogP contribution in [0, 0.1) is 0 Å². The van der Waals surface area contributed by atoms with Gasteiger partial charge in [0.25, 0.3) is 0 Å². The molecule has 0 bridgehead atoms. The third-order valence-electron chi connectivity index (χ3n) is 6.60. The van der Waals surface area contributed by atoms with Crippen molar-refractivity contribution in [1.29, 1.82) is 0 Å². The highest BCUT2D eigenvalue weighted by atomic mass is 15.3. The van der Waals surface area contributed by atoms with Crippen molar-refractivity contribution in [3.8, 4) is 22.3 Å². The van der Waals surface area contributed by atoms with Crippen molar-refractivity contribution in [3.05, 3.63) is 85.2 Å². The molecule has 2 aromatic heterocycles. The Morgan fingerprint density at radius 1 is 0.469 bits per heavy atom. The predicted octanol–water partition coefficient (Wildman–Crippen LogP) is 5.76. The summed E-state index contributed by atoms with van der Waals surface area (Å²) in [7, 11) is 0. The molecule has 2 saturated heterocycles. The molecule has 0 unspecified atom stereocenters. The van der Waals surface area contributed by atoms with Crippen molar-refractivity contribution in [2.45, 2.75) is 0 Å². The lowest BCUT2D eigenvalue weighted by Gasteiger charge is -2.12. The molecule has 154 valence electrons. The molecule has 0 spiro atoms. The standard InChI is InChI=1S/C28H22N4/c1-5-21(31-15-16-31)6-2-19(1)23-11-13-29-27-25(23)9-10-26-24(12-14-30-28(26)27)20-3-7-22(8-4-20)32-17-18-32/h1-14H,15-18H2. The lowest BCUT2D eigenvalue weighted by molar-refractivity contribution is 1.37. The van der Waals surface area contributed by atoms with Crippen molar-refractivity contribution in [2.24, 2.45) is 0 Å². The van der Waals surface area contributed by atoms with Crippen LogP contribution in [-0.4, -0.2) is 36.1 Å². The average Bonchev–Trinajstić information content (AvgIpc) is 3.77. The molecule has 0 atom stereocenters. The van der Waals surface area contributed by atoms with Gasteiger partial charge in [-0.2, -0.15) is 0 Å². The van der Waals surface area contributed by atoms with Gasteiger partial charge < -0.3 is 9.80 Å². The van der Waals surface area contributed by atoms with Crippen LogP contribution in [0.15, 0.2) is 85.2 Å². The zero-order chi connectivity index (χ0) is 21.1. The Bertz CT molecular complexity index is 1350. The van der Waals surface area contributed by atoms with E-state index in [2.05, 4.69) is 82.6 Å². The van der Waals surface area contributed by atoms with Crippen LogP contribution in [0.1, 0.15) is 0 Å². The first-order valence-electron chi connectivity index (χ1n) is 11.2. The second-order valence-corrected chi connectivity index (χ2v) is 8.64. The Balaban J connectivity index is 1.36. The highest BCUT2D eigenvalue weighted by Gasteiger charge is 2.19. The van der Waals surface area contributed by atoms with E-state index in [0.717, 1.165) is 21.8 Å². The zero-order valence-electron chi connectivity index (χ0n) is 17.7. The van der Waals surface area contributed by atoms with Gasteiger partial charge in [0.05, 0.1) is 11.0 Å². The number of aromatic nitrogens is 2. The highest BCUT2D eigenvalue weighted by molar-refractivity contribution is 6.11. The van der Waals surface area contributed by atoms with E-state index in [9.17, 15) is 0 Å². The molecule has 0 N–H and O–H groups in total. The zero-order valence-corrected chi connectivity index (χ0v) is 17.7. The van der Waals surface area contributed by atoms with Gasteiger partial charge in [0, 0.05) is 60.7 Å². The van der Waals surface area contributed by atoms with Crippen molar-refractivity contribution in [2.75, 3.05) is 36.0 Å². The Labute approximate surface area is 186 Å². The lowest BCUT2D eigenvalue weighted by Crippen LogP contribution is -1.92. The van der Waals surface area contributed by atoms with E-state index in [0.29, 0.717) is 0 Å². The summed E-state index contributed by atoms with van der Waals surface area (Å²) in [5, 5.41) is 2.28. The minimum absolute atomic E-state index is 0.956. The van der Waals surface area contributed by atoms with Gasteiger partial charge in [0.1, 0.15) is 0 Å². The van der Waals surface area contributed by atoms with E-state index in [1.54, 1.807) is 0 Å². The quantitative estimate of drug-likeness (QED) is 0.277. The number of rotatable bonds is 4. The number of fused-ring (bicyclic) bond motifs is 3. The van der Waals surface area contributed by atoms with Crippen LogP contribution in [0.2, 0.25) is 0 Å². The Morgan fingerprint density at radius 3 is 1.25 bits per heavy atom. The first-order chi connectivity index (χ1) is 15.8. The minimum Gasteiger partial charge on any atom is -0.368 e. The van der Waals surface area contributed by atoms with Crippen molar-refractivity contribution in [1.82, 2.24) is 9.97 Å². The van der Waals surface area contributed by atoms with E-state index in [-0.39, 0.29) is 0 Å². The van der Waals surface area contributed by atoms with E-state index in [1.807, 2.05) is 12.4 Å². The van der Waals surface area contributed by atoms with Crippen molar-refractivity contribution < 1.29 is 0 Å². The first-order valence-corrected chi connectivity index (χ1v) is 11.2. The number of benzene rings is 3. The number of nitrogens with zero attached hydrogens (tertiary/aromatic N) is 4. The van der Waals surface area contributed by atoms with Gasteiger partial charge >= 0.3 is 0 Å². The Morgan fingerprint density at radius 2 is 0.875 bits per heavy atom. The third kappa shape index (κ3) is 2.91. The molecule has 0 saturated carbocycles. The Kier molecular flexibility index (Phi) is 3.76. The molecule has 4 nitrogen and oxygen atoms in total. The lowest BCUT2D eigenvalue weighted by atomic mass is 9.96. The van der Waals surface area contributed by atoms with E-state index < -0.39 is 0 Å². The molecule has 2 aliphatic heterocycles. The summed E-state index contributed by atoms with van der Waals surface area (Å²) < 4.78 is 0. The van der Waals surface area contributed by atoms with Crippen LogP contribution in [0.3, 0.4) is 0 Å². The van der Waals surface area contributed by atoms with E-state index in [4.69, 9.17) is 9.97 Å². The third-order valence-corrected chi connectivity index (χ3v) is 6.60. The van der Waals surface area contributed by atoms with Crippen LogP contribution in [0.25, 0.3) is 44.1 Å². The van der Waals surface area contributed by atoms with E-state index >= 15 is 0 Å². The van der Waals surface area contributed by atoms with Gasteiger partial charge in [-0.05, 0) is 58.7 Å². The molecule has 4 heteroatoms. The van der Waals surface area contributed by atoms with Gasteiger partial charge in [-0.25, -0.2) is 0 Å². The largest absolute Gasteiger partial charge is 0.368 e. The van der Waals surface area contributed by atoms with Crippen LogP contribution in [-0.2, 0) is 0 Å². The monoisotopic (exact) mass is 414 g/mol. The molecule has 0 radical (unpaired) electrons. The molecular formula is C28H22N4. The van der Waals surface area contributed by atoms with Gasteiger partial charge in [-0.15, -0.1) is 0 Å². The summed E-state index contributed by atoms with van der Waals surface area (Å²) in [6.45, 7) is 4.66. The molecule has 7 rings (SSSR count). The highest BCUT2D eigenvalue weighted by Crippen LogP contribution is 2.36. The summed E-state index contributed by atoms with van der Waals surface area (Å²) >= 11 is 0. The van der Waals surface area contributed by atoms with Crippen LogP contribution >= 0.6 is 0 Å². The van der Waals surface area contributed by atoms with Gasteiger partial charge in [0.15, 0.2) is 0 Å². The summed E-state index contributed by atoms with van der Waals surface area (Å²) in [6.07, 6.45) is 3.81. The molecule has 4 heterocycles. The first kappa shape index (κ1) is 17.7. The fourth-order valence-corrected chi connectivity index (χ4v) is 4.65. The number of hydrogen-bond donors (Lipinski definition) is 0. The molecule has 0 amide bonds. The molecular weight excluding hydrogens is 392 g/mol. The van der Waals surface area contributed by atoms with Crippen LogP contribution in [0.5, 0.6) is 0 Å². The SMILES string of the molecule is c1cc(-c2ccc(N3CC3)cc2)c2ccc3c(-c4ccc(N5CC5)cc4)ccnc3c2n1. The topological polar surface area (TPSA) is 31.8 Å². The Hall–Kier alpha value is -3.92. The molecule has 0 aliphatic carbocycles. The molecule has 2 fully saturated rings. The van der Waals surface area contributed by atoms with E-state index in [1.165, 1.54) is 59.8 Å². The van der Waals surface area contributed by atoms with Crippen molar-refractivity contribution >= 4 is 33.2 Å². The van der Waals surface area contributed by atoms with Gasteiger partial charge in [0.2, 0.25) is 0 Å². The fraction of sp³-hybridized carbons (Fsp3) is 0.143. The minimum atomic E-state index is 0.956. The van der Waals surface area contributed by atoms with Crippen LogP contribution < -0.4 is 9.80 Å². The number of anilines is 2. The van der Waals surface area contributed by atoms with Gasteiger partial charge in [-0.1, -0.05) is 36.4 Å². The summed E-state index contributed by atoms with van der Waals surface area (Å²) in [4.78, 5) is 14.2. The maximum absolute atomic E-state index is 4.75. The smallest absolute Gasteiger partial charge is 0.0970 e. The molecule has 32 heavy (non-hydrogen) atoms. The average molecular weight is 415 g/mol. The second-order valence-electron chi connectivity index (χ2n) is 8.64. The maximum atomic E-state index is 4.75. The van der Waals surface area contributed by atoms with Crippen molar-refractivity contribution in [3.63, 3.8) is 0 Å². The number of pyridine rings is 2. The predicted molar refractivity (Wildman–Crippen MR) is 132 cm³/mol. The maximum Gasteiger partial charge on any atom is 0.0970 e. The molecule has 2 aliphatic rings. The summed E-state index contributed by atoms with van der Waals surface area (Å²) in [5.41, 5.74) is 9.33. The summed E-state index contributed by atoms with van der Waals surface area (Å²) in [6, 6.07) is 26.3. The number of hydrogen-bond acceptors (Lipinski definition) is 4. The van der Waals surface area contributed by atoms with Gasteiger partial charge in [-0.3, -0.25) is 9.97 Å². The summed E-state index contributed by atoms with van der Waals surface area (Å²) in [5.74, 6) is 0.